The molecule has 4 nitrogen and oxygen atoms in total. The maximum atomic E-state index is 12.7. The minimum absolute atomic E-state index is 0.0372. The molecule has 0 bridgehead atoms. The summed E-state index contributed by atoms with van der Waals surface area (Å²) >= 11 is 1.47. The number of carbonyl (C=O) groups is 2. The van der Waals surface area contributed by atoms with E-state index < -0.39 is 0 Å². The number of thiophene rings is 1. The largest absolute Gasteiger partial charge is 0.349 e. The smallest absolute Gasteiger partial charge is 0.263 e. The minimum atomic E-state index is -0.0372. The highest BCUT2D eigenvalue weighted by atomic mass is 32.1. The SMILES string of the molecule is O=C(NC1CCN(C(=O)c2cccs2)CC1)c1cccc2ccccc12. The monoisotopic (exact) mass is 364 g/mol. The first-order chi connectivity index (χ1) is 12.7. The van der Waals surface area contributed by atoms with Gasteiger partial charge in [-0.3, -0.25) is 9.59 Å². The number of nitrogens with one attached hydrogen (secondary N) is 1. The van der Waals surface area contributed by atoms with Crippen LogP contribution in [0.1, 0.15) is 32.9 Å². The van der Waals surface area contributed by atoms with Gasteiger partial charge in [-0.25, -0.2) is 0 Å². The summed E-state index contributed by atoms with van der Waals surface area (Å²) in [4.78, 5) is 27.8. The summed E-state index contributed by atoms with van der Waals surface area (Å²) in [5.41, 5.74) is 0.709. The molecular weight excluding hydrogens is 344 g/mol. The fourth-order valence-electron chi connectivity index (χ4n) is 3.47. The number of amides is 2. The van der Waals surface area contributed by atoms with Crippen molar-refractivity contribution in [2.24, 2.45) is 0 Å². The molecule has 5 heteroatoms. The highest BCUT2D eigenvalue weighted by molar-refractivity contribution is 7.12. The Morgan fingerprint density at radius 3 is 2.50 bits per heavy atom. The Morgan fingerprint density at radius 1 is 0.962 bits per heavy atom. The first-order valence-corrected chi connectivity index (χ1v) is 9.72. The summed E-state index contributed by atoms with van der Waals surface area (Å²) in [6.45, 7) is 1.36. The predicted octanol–water partition coefficient (Wildman–Crippen LogP) is 3.94. The lowest BCUT2D eigenvalue weighted by molar-refractivity contribution is 0.0703. The summed E-state index contributed by atoms with van der Waals surface area (Å²) in [5.74, 6) is 0.0589. The number of carbonyl (C=O) groups excluding carboxylic acids is 2. The van der Waals surface area contributed by atoms with E-state index in [0.29, 0.717) is 18.7 Å². The van der Waals surface area contributed by atoms with Crippen LogP contribution in [-0.4, -0.2) is 35.8 Å². The van der Waals surface area contributed by atoms with Crippen LogP contribution in [0.5, 0.6) is 0 Å². The van der Waals surface area contributed by atoms with Crippen LogP contribution in [0.4, 0.5) is 0 Å². The van der Waals surface area contributed by atoms with Crippen molar-refractivity contribution in [3.8, 4) is 0 Å². The Labute approximate surface area is 156 Å². The van der Waals surface area contributed by atoms with Gasteiger partial charge in [0.25, 0.3) is 11.8 Å². The van der Waals surface area contributed by atoms with Crippen LogP contribution in [0.15, 0.2) is 60.0 Å². The average molecular weight is 364 g/mol. The lowest BCUT2D eigenvalue weighted by atomic mass is 10.0. The molecule has 1 fully saturated rings. The Morgan fingerprint density at radius 2 is 1.73 bits per heavy atom. The number of hydrogen-bond acceptors (Lipinski definition) is 3. The van der Waals surface area contributed by atoms with Gasteiger partial charge in [-0.15, -0.1) is 11.3 Å². The number of rotatable bonds is 3. The summed E-state index contributed by atoms with van der Waals surface area (Å²) in [6, 6.07) is 17.6. The third-order valence-corrected chi connectivity index (χ3v) is 5.74. The molecule has 0 spiro atoms. The second kappa shape index (κ2) is 7.30. The quantitative estimate of drug-likeness (QED) is 0.765. The highest BCUT2D eigenvalue weighted by Gasteiger charge is 2.25. The Balaban J connectivity index is 1.40. The van der Waals surface area contributed by atoms with Crippen molar-refractivity contribution in [1.29, 1.82) is 0 Å². The highest BCUT2D eigenvalue weighted by Crippen LogP contribution is 2.20. The van der Waals surface area contributed by atoms with Crippen molar-refractivity contribution in [2.45, 2.75) is 18.9 Å². The Bertz CT molecular complexity index is 923. The average Bonchev–Trinajstić information content (AvgIpc) is 3.22. The third kappa shape index (κ3) is 3.35. The second-order valence-electron chi connectivity index (χ2n) is 6.54. The zero-order chi connectivity index (χ0) is 17.9. The van der Waals surface area contributed by atoms with E-state index in [1.54, 1.807) is 0 Å². The number of fused-ring (bicyclic) bond motifs is 1. The van der Waals surface area contributed by atoms with Crippen LogP contribution in [0.2, 0.25) is 0 Å². The van der Waals surface area contributed by atoms with E-state index in [-0.39, 0.29) is 17.9 Å². The van der Waals surface area contributed by atoms with Gasteiger partial charge >= 0.3 is 0 Å². The van der Waals surface area contributed by atoms with Gasteiger partial charge in [0.1, 0.15) is 0 Å². The van der Waals surface area contributed by atoms with Gasteiger partial charge in [-0.05, 0) is 41.1 Å². The van der Waals surface area contributed by atoms with Gasteiger partial charge in [0.2, 0.25) is 0 Å². The molecule has 1 aliphatic rings. The Kier molecular flexibility index (Phi) is 4.71. The molecule has 0 aliphatic carbocycles. The molecule has 1 aromatic heterocycles. The number of nitrogens with zero attached hydrogens (tertiary/aromatic N) is 1. The van der Waals surface area contributed by atoms with Crippen molar-refractivity contribution in [3.63, 3.8) is 0 Å². The molecule has 4 rings (SSSR count). The van der Waals surface area contributed by atoms with E-state index in [4.69, 9.17) is 0 Å². The van der Waals surface area contributed by atoms with Gasteiger partial charge in [0, 0.05) is 24.7 Å². The number of hydrogen-bond donors (Lipinski definition) is 1. The van der Waals surface area contributed by atoms with Crippen LogP contribution in [0.25, 0.3) is 10.8 Å². The van der Waals surface area contributed by atoms with Crippen molar-refractivity contribution < 1.29 is 9.59 Å². The summed E-state index contributed by atoms with van der Waals surface area (Å²) in [6.07, 6.45) is 1.57. The lowest BCUT2D eigenvalue weighted by Gasteiger charge is -2.32. The maximum absolute atomic E-state index is 12.7. The van der Waals surface area contributed by atoms with Gasteiger partial charge in [0.05, 0.1) is 4.88 Å². The van der Waals surface area contributed by atoms with E-state index in [0.717, 1.165) is 28.5 Å². The molecule has 132 valence electrons. The topological polar surface area (TPSA) is 49.4 Å². The predicted molar refractivity (Wildman–Crippen MR) is 105 cm³/mol. The molecular formula is C21H20N2O2S. The summed E-state index contributed by atoms with van der Waals surface area (Å²) < 4.78 is 0. The van der Waals surface area contributed by atoms with E-state index in [9.17, 15) is 9.59 Å². The van der Waals surface area contributed by atoms with Crippen molar-refractivity contribution in [3.05, 3.63) is 70.4 Å². The molecule has 0 unspecified atom stereocenters. The maximum Gasteiger partial charge on any atom is 0.263 e. The molecule has 1 N–H and O–H groups in total. The first-order valence-electron chi connectivity index (χ1n) is 8.84. The minimum Gasteiger partial charge on any atom is -0.349 e. The molecule has 0 saturated carbocycles. The number of benzene rings is 2. The molecule has 26 heavy (non-hydrogen) atoms. The molecule has 2 aromatic carbocycles. The van der Waals surface area contributed by atoms with Crippen LogP contribution in [0, 0.1) is 0 Å². The zero-order valence-corrected chi connectivity index (χ0v) is 15.2. The zero-order valence-electron chi connectivity index (χ0n) is 14.4. The van der Waals surface area contributed by atoms with E-state index in [1.807, 2.05) is 64.9 Å². The third-order valence-electron chi connectivity index (χ3n) is 4.88. The van der Waals surface area contributed by atoms with Crippen LogP contribution >= 0.6 is 11.3 Å². The van der Waals surface area contributed by atoms with Crippen LogP contribution < -0.4 is 5.32 Å². The fourth-order valence-corrected chi connectivity index (χ4v) is 4.16. The van der Waals surface area contributed by atoms with Crippen LogP contribution in [0.3, 0.4) is 0 Å². The van der Waals surface area contributed by atoms with E-state index in [2.05, 4.69) is 5.32 Å². The van der Waals surface area contributed by atoms with Crippen molar-refractivity contribution >= 4 is 33.9 Å². The van der Waals surface area contributed by atoms with Gasteiger partial charge in [-0.1, -0.05) is 42.5 Å². The standard InChI is InChI=1S/C21H20N2O2S/c24-20(18-8-3-6-15-5-1-2-7-17(15)18)22-16-10-12-23(13-11-16)21(25)19-9-4-14-26-19/h1-9,14,16H,10-13H2,(H,22,24). The molecule has 1 saturated heterocycles. The van der Waals surface area contributed by atoms with Gasteiger partial charge in [0.15, 0.2) is 0 Å². The second-order valence-corrected chi connectivity index (χ2v) is 7.49. The van der Waals surface area contributed by atoms with Gasteiger partial charge in [-0.2, -0.15) is 0 Å². The molecule has 2 heterocycles. The normalized spacial score (nSPS) is 15.2. The summed E-state index contributed by atoms with van der Waals surface area (Å²) in [7, 11) is 0. The first kappa shape index (κ1) is 16.8. The van der Waals surface area contributed by atoms with E-state index in [1.165, 1.54) is 11.3 Å². The van der Waals surface area contributed by atoms with Crippen LogP contribution in [-0.2, 0) is 0 Å². The van der Waals surface area contributed by atoms with E-state index >= 15 is 0 Å². The molecule has 1 aliphatic heterocycles. The fraction of sp³-hybridized carbons (Fsp3) is 0.238. The van der Waals surface area contributed by atoms with Gasteiger partial charge < -0.3 is 10.2 Å². The number of likely N-dealkylation sites (tertiary alicyclic amines) is 1. The molecule has 3 aromatic rings. The summed E-state index contributed by atoms with van der Waals surface area (Å²) in [5, 5.41) is 7.10. The molecule has 0 atom stereocenters. The van der Waals surface area contributed by atoms with Crippen molar-refractivity contribution in [1.82, 2.24) is 10.2 Å². The lowest BCUT2D eigenvalue weighted by Crippen LogP contribution is -2.46. The molecule has 0 radical (unpaired) electrons. The van der Waals surface area contributed by atoms with Crippen molar-refractivity contribution in [2.75, 3.05) is 13.1 Å². The Hall–Kier alpha value is -2.66. The molecule has 2 amide bonds. The number of piperidine rings is 1.